The van der Waals surface area contributed by atoms with Gasteiger partial charge in [-0.3, -0.25) is 9.59 Å². The van der Waals surface area contributed by atoms with E-state index in [0.29, 0.717) is 30.3 Å². The number of aromatic amines is 1. The normalized spacial score (nSPS) is 18.2. The minimum atomic E-state index is -0.119. The van der Waals surface area contributed by atoms with Gasteiger partial charge in [-0.2, -0.15) is 0 Å². The molecule has 1 aromatic heterocycles. The molecule has 1 unspecified atom stereocenters. The summed E-state index contributed by atoms with van der Waals surface area (Å²) < 4.78 is 0. The maximum atomic E-state index is 12.3. The number of aryl methyl sites for hydroxylation is 1. The fourth-order valence-corrected chi connectivity index (χ4v) is 2.94. The second-order valence-corrected chi connectivity index (χ2v) is 5.39. The van der Waals surface area contributed by atoms with E-state index in [-0.39, 0.29) is 11.7 Å². The summed E-state index contributed by atoms with van der Waals surface area (Å²) in [6, 6.07) is 0.368. The Bertz CT molecular complexity index is 513. The lowest BCUT2D eigenvalue weighted by molar-refractivity contribution is 0.0944. The van der Waals surface area contributed by atoms with E-state index in [1.54, 1.807) is 6.92 Å². The molecule has 1 amide bonds. The predicted octanol–water partition coefficient (Wildman–Crippen LogP) is 1.57. The first-order valence-electron chi connectivity index (χ1n) is 7.28. The third-order valence-electron chi connectivity index (χ3n) is 3.90. The molecular formula is C15H23N3O2. The number of carbonyl (C=O) groups is 2. The van der Waals surface area contributed by atoms with Crippen molar-refractivity contribution in [2.24, 2.45) is 0 Å². The highest BCUT2D eigenvalue weighted by Gasteiger charge is 2.22. The van der Waals surface area contributed by atoms with Crippen LogP contribution in [0, 0.1) is 6.92 Å². The molecule has 1 atom stereocenters. The molecule has 0 spiro atoms. The molecule has 2 rings (SSSR count). The van der Waals surface area contributed by atoms with E-state index in [0.717, 1.165) is 30.6 Å². The van der Waals surface area contributed by atoms with E-state index < -0.39 is 0 Å². The Balaban J connectivity index is 2.12. The summed E-state index contributed by atoms with van der Waals surface area (Å²) >= 11 is 0. The Hall–Kier alpha value is -1.62. The second kappa shape index (κ2) is 6.22. The van der Waals surface area contributed by atoms with Crippen molar-refractivity contribution in [2.45, 2.75) is 46.1 Å². The van der Waals surface area contributed by atoms with Crippen molar-refractivity contribution >= 4 is 11.7 Å². The van der Waals surface area contributed by atoms with Crippen LogP contribution in [0.2, 0.25) is 0 Å². The summed E-state index contributed by atoms with van der Waals surface area (Å²) in [5.41, 5.74) is 2.80. The highest BCUT2D eigenvalue weighted by Crippen LogP contribution is 2.20. The quantitative estimate of drug-likeness (QED) is 0.715. The second-order valence-electron chi connectivity index (χ2n) is 5.39. The Morgan fingerprint density at radius 1 is 1.40 bits per heavy atom. The third-order valence-corrected chi connectivity index (χ3v) is 3.90. The van der Waals surface area contributed by atoms with Crippen LogP contribution in [-0.4, -0.2) is 35.8 Å². The average Bonchev–Trinajstić information content (AvgIpc) is 3.02. The van der Waals surface area contributed by atoms with Gasteiger partial charge in [0.15, 0.2) is 5.78 Å². The molecule has 1 aliphatic heterocycles. The summed E-state index contributed by atoms with van der Waals surface area (Å²) in [7, 11) is 0. The Kier molecular flexibility index (Phi) is 4.60. The molecule has 0 aromatic carbocycles. The monoisotopic (exact) mass is 277 g/mol. The molecule has 1 aromatic rings. The van der Waals surface area contributed by atoms with Gasteiger partial charge in [-0.25, -0.2) is 0 Å². The lowest BCUT2D eigenvalue weighted by Gasteiger charge is -2.11. The van der Waals surface area contributed by atoms with Gasteiger partial charge in [-0.1, -0.05) is 6.92 Å². The highest BCUT2D eigenvalue weighted by molar-refractivity contribution is 6.02. The Morgan fingerprint density at radius 2 is 2.15 bits per heavy atom. The molecule has 110 valence electrons. The van der Waals surface area contributed by atoms with Gasteiger partial charge in [0.2, 0.25) is 0 Å². The fourth-order valence-electron chi connectivity index (χ4n) is 2.94. The van der Waals surface area contributed by atoms with Gasteiger partial charge < -0.3 is 15.6 Å². The molecule has 0 bridgehead atoms. The number of H-pyrrole nitrogens is 1. The number of ketones is 1. The third kappa shape index (κ3) is 2.93. The summed E-state index contributed by atoms with van der Waals surface area (Å²) in [5, 5.41) is 6.30. The minimum absolute atomic E-state index is 0.00658. The largest absolute Gasteiger partial charge is 0.354 e. The van der Waals surface area contributed by atoms with E-state index in [1.807, 2.05) is 13.8 Å². The van der Waals surface area contributed by atoms with Crippen LogP contribution in [0.25, 0.3) is 0 Å². The van der Waals surface area contributed by atoms with Crippen LogP contribution in [0.3, 0.4) is 0 Å². The van der Waals surface area contributed by atoms with Gasteiger partial charge in [-0.15, -0.1) is 0 Å². The van der Waals surface area contributed by atoms with Crippen LogP contribution >= 0.6 is 0 Å². The molecule has 1 aliphatic rings. The van der Waals surface area contributed by atoms with Gasteiger partial charge >= 0.3 is 0 Å². The number of amides is 1. The number of rotatable bonds is 5. The minimum Gasteiger partial charge on any atom is -0.354 e. The van der Waals surface area contributed by atoms with E-state index in [2.05, 4.69) is 15.6 Å². The maximum absolute atomic E-state index is 12.3. The van der Waals surface area contributed by atoms with Gasteiger partial charge in [0.05, 0.1) is 0 Å². The topological polar surface area (TPSA) is 74.0 Å². The standard InChI is InChI=1S/C15H23N3O2/c1-4-12-13(10(3)19)9(2)18-14(12)15(20)17-8-11-6-5-7-16-11/h11,16,18H,4-8H2,1-3H3,(H,17,20). The lowest BCUT2D eigenvalue weighted by Crippen LogP contribution is -2.37. The molecule has 20 heavy (non-hydrogen) atoms. The van der Waals surface area contributed by atoms with Crippen LogP contribution in [-0.2, 0) is 6.42 Å². The summed E-state index contributed by atoms with van der Waals surface area (Å²) in [4.78, 5) is 27.0. The average molecular weight is 277 g/mol. The van der Waals surface area contributed by atoms with Crippen molar-refractivity contribution in [1.82, 2.24) is 15.6 Å². The molecular weight excluding hydrogens is 254 g/mol. The van der Waals surface area contributed by atoms with Crippen LogP contribution in [0.4, 0.5) is 0 Å². The molecule has 5 heteroatoms. The lowest BCUT2D eigenvalue weighted by atomic mass is 10.0. The first kappa shape index (κ1) is 14.8. The molecule has 3 N–H and O–H groups in total. The molecule has 0 radical (unpaired) electrons. The highest BCUT2D eigenvalue weighted by atomic mass is 16.2. The molecule has 5 nitrogen and oxygen atoms in total. The van der Waals surface area contributed by atoms with Crippen LogP contribution in [0.5, 0.6) is 0 Å². The van der Waals surface area contributed by atoms with Crippen molar-refractivity contribution in [2.75, 3.05) is 13.1 Å². The Labute approximate surface area is 119 Å². The van der Waals surface area contributed by atoms with Gasteiger partial charge in [0.1, 0.15) is 5.69 Å². The fraction of sp³-hybridized carbons (Fsp3) is 0.600. The zero-order valence-corrected chi connectivity index (χ0v) is 12.4. The molecule has 2 heterocycles. The van der Waals surface area contributed by atoms with Crippen molar-refractivity contribution in [1.29, 1.82) is 0 Å². The van der Waals surface area contributed by atoms with Gasteiger partial charge in [0.25, 0.3) is 5.91 Å². The SMILES string of the molecule is CCc1c(C(=O)NCC2CCCN2)[nH]c(C)c1C(C)=O. The van der Waals surface area contributed by atoms with Crippen LogP contribution in [0.15, 0.2) is 0 Å². The predicted molar refractivity (Wildman–Crippen MR) is 78.3 cm³/mol. The van der Waals surface area contributed by atoms with Gasteiger partial charge in [-0.05, 0) is 45.2 Å². The maximum Gasteiger partial charge on any atom is 0.268 e. The van der Waals surface area contributed by atoms with E-state index in [4.69, 9.17) is 0 Å². The Morgan fingerprint density at radius 3 is 2.70 bits per heavy atom. The number of aromatic nitrogens is 1. The zero-order valence-electron chi connectivity index (χ0n) is 12.4. The van der Waals surface area contributed by atoms with E-state index in [9.17, 15) is 9.59 Å². The number of hydrogen-bond donors (Lipinski definition) is 3. The van der Waals surface area contributed by atoms with Crippen molar-refractivity contribution < 1.29 is 9.59 Å². The van der Waals surface area contributed by atoms with Crippen LogP contribution in [0.1, 0.15) is 58.8 Å². The number of carbonyl (C=O) groups excluding carboxylic acids is 2. The number of nitrogens with one attached hydrogen (secondary N) is 3. The molecule has 0 saturated carbocycles. The molecule has 0 aliphatic carbocycles. The smallest absolute Gasteiger partial charge is 0.268 e. The first-order valence-corrected chi connectivity index (χ1v) is 7.28. The van der Waals surface area contributed by atoms with Crippen molar-refractivity contribution in [3.05, 3.63) is 22.5 Å². The van der Waals surface area contributed by atoms with E-state index in [1.165, 1.54) is 0 Å². The summed E-state index contributed by atoms with van der Waals surface area (Å²) in [5.74, 6) is -0.113. The number of Topliss-reactive ketones (excluding diaryl/α,β-unsaturated/α-hetero) is 1. The van der Waals surface area contributed by atoms with E-state index >= 15 is 0 Å². The first-order chi connectivity index (χ1) is 9.54. The molecule has 1 fully saturated rings. The van der Waals surface area contributed by atoms with Crippen molar-refractivity contribution in [3.63, 3.8) is 0 Å². The van der Waals surface area contributed by atoms with Gasteiger partial charge in [0, 0.05) is 23.8 Å². The van der Waals surface area contributed by atoms with Crippen molar-refractivity contribution in [3.8, 4) is 0 Å². The van der Waals surface area contributed by atoms with Crippen LogP contribution < -0.4 is 10.6 Å². The summed E-state index contributed by atoms with van der Waals surface area (Å²) in [6.45, 7) is 7.00. The summed E-state index contributed by atoms with van der Waals surface area (Å²) in [6.07, 6.45) is 2.93. The zero-order chi connectivity index (χ0) is 14.7. The molecule has 1 saturated heterocycles. The number of hydrogen-bond acceptors (Lipinski definition) is 3.